The SMILES string of the molecule is Cc1cnc(COc2ccc3[nH]c(C(Cc4cnc(C)cn4)C(=O)O)c(SC(C)(C)C)c3c2C)cn1. The molecule has 0 aliphatic heterocycles. The minimum absolute atomic E-state index is 0.141. The molecule has 0 radical (unpaired) electrons. The van der Waals surface area contributed by atoms with Crippen molar-refractivity contribution >= 4 is 28.6 Å². The topological polar surface area (TPSA) is 114 Å². The number of carbonyl (C=O) groups is 1. The van der Waals surface area contributed by atoms with Gasteiger partial charge in [0.25, 0.3) is 0 Å². The maximum Gasteiger partial charge on any atom is 0.312 e. The lowest BCUT2D eigenvalue weighted by Gasteiger charge is -2.21. The highest BCUT2D eigenvalue weighted by atomic mass is 32.2. The molecule has 4 aromatic rings. The fourth-order valence-electron chi connectivity index (χ4n) is 3.93. The average molecular weight is 506 g/mol. The normalized spacial score (nSPS) is 12.6. The Bertz CT molecular complexity index is 1380. The zero-order valence-electron chi connectivity index (χ0n) is 21.4. The van der Waals surface area contributed by atoms with Crippen LogP contribution in [0.4, 0.5) is 0 Å². The first-order valence-electron chi connectivity index (χ1n) is 11.8. The van der Waals surface area contributed by atoms with Gasteiger partial charge in [0.05, 0.1) is 29.0 Å². The maximum absolute atomic E-state index is 12.5. The lowest BCUT2D eigenvalue weighted by molar-refractivity contribution is -0.138. The third kappa shape index (κ3) is 5.84. The minimum Gasteiger partial charge on any atom is -0.487 e. The molecular weight excluding hydrogens is 474 g/mol. The smallest absolute Gasteiger partial charge is 0.312 e. The van der Waals surface area contributed by atoms with Crippen molar-refractivity contribution < 1.29 is 14.6 Å². The first-order chi connectivity index (χ1) is 17.0. The van der Waals surface area contributed by atoms with E-state index in [1.807, 2.05) is 32.9 Å². The molecule has 3 aromatic heterocycles. The van der Waals surface area contributed by atoms with Gasteiger partial charge in [-0.2, -0.15) is 0 Å². The van der Waals surface area contributed by atoms with Crippen molar-refractivity contribution in [1.29, 1.82) is 0 Å². The highest BCUT2D eigenvalue weighted by Crippen LogP contribution is 2.45. The molecule has 36 heavy (non-hydrogen) atoms. The van der Waals surface area contributed by atoms with E-state index in [9.17, 15) is 9.90 Å². The number of benzene rings is 1. The Morgan fingerprint density at radius 1 is 1.00 bits per heavy atom. The van der Waals surface area contributed by atoms with E-state index >= 15 is 0 Å². The van der Waals surface area contributed by atoms with E-state index in [0.29, 0.717) is 18.0 Å². The van der Waals surface area contributed by atoms with Crippen LogP contribution in [0.5, 0.6) is 5.75 Å². The quantitative estimate of drug-likeness (QED) is 0.300. The first-order valence-corrected chi connectivity index (χ1v) is 12.6. The number of hydrogen-bond acceptors (Lipinski definition) is 7. The number of fused-ring (bicyclic) bond motifs is 1. The standard InChI is InChI=1S/C27H31N5O3S/c1-15-10-30-18(12-28-15)9-20(26(33)34)24-25(36-27(4,5)6)23-17(3)22(8-7-21(23)32-24)35-14-19-13-29-16(2)11-31-19/h7-8,10-13,20,32H,9,14H2,1-6H3,(H,33,34). The van der Waals surface area contributed by atoms with Crippen LogP contribution in [0.25, 0.3) is 10.9 Å². The molecule has 0 aliphatic carbocycles. The van der Waals surface area contributed by atoms with E-state index in [2.05, 4.69) is 45.7 Å². The van der Waals surface area contributed by atoms with Crippen LogP contribution in [0, 0.1) is 20.8 Å². The van der Waals surface area contributed by atoms with Crippen LogP contribution >= 0.6 is 11.8 Å². The van der Waals surface area contributed by atoms with Crippen molar-refractivity contribution in [1.82, 2.24) is 24.9 Å². The number of aromatic amines is 1. The summed E-state index contributed by atoms with van der Waals surface area (Å²) in [5, 5.41) is 11.2. The van der Waals surface area contributed by atoms with Crippen LogP contribution in [0.3, 0.4) is 0 Å². The monoisotopic (exact) mass is 505 g/mol. The molecule has 0 amide bonds. The van der Waals surface area contributed by atoms with E-state index in [1.54, 1.807) is 36.5 Å². The van der Waals surface area contributed by atoms with Crippen molar-refractivity contribution in [2.24, 2.45) is 0 Å². The summed E-state index contributed by atoms with van der Waals surface area (Å²) in [4.78, 5) is 34.2. The molecular formula is C27H31N5O3S. The fourth-order valence-corrected chi connectivity index (χ4v) is 5.21. The van der Waals surface area contributed by atoms with Crippen LogP contribution < -0.4 is 4.74 Å². The fraction of sp³-hybridized carbons (Fsp3) is 0.370. The van der Waals surface area contributed by atoms with Gasteiger partial charge in [-0.05, 0) is 32.9 Å². The maximum atomic E-state index is 12.5. The molecule has 0 aliphatic rings. The number of H-pyrrole nitrogens is 1. The summed E-state index contributed by atoms with van der Waals surface area (Å²) in [5.41, 5.74) is 5.51. The van der Waals surface area contributed by atoms with E-state index in [1.165, 1.54) is 0 Å². The Labute approximate surface area is 215 Å². The lowest BCUT2D eigenvalue weighted by Crippen LogP contribution is -2.17. The molecule has 8 nitrogen and oxygen atoms in total. The van der Waals surface area contributed by atoms with Gasteiger partial charge in [-0.15, -0.1) is 11.8 Å². The molecule has 9 heteroatoms. The molecule has 1 atom stereocenters. The van der Waals surface area contributed by atoms with Crippen LogP contribution in [0.2, 0.25) is 0 Å². The Morgan fingerprint density at radius 2 is 1.64 bits per heavy atom. The Morgan fingerprint density at radius 3 is 2.19 bits per heavy atom. The van der Waals surface area contributed by atoms with Crippen LogP contribution in [0.15, 0.2) is 41.8 Å². The third-order valence-corrected chi connectivity index (χ3v) is 6.91. The molecule has 0 spiro atoms. The van der Waals surface area contributed by atoms with Crippen molar-refractivity contribution in [3.8, 4) is 5.75 Å². The highest BCUT2D eigenvalue weighted by Gasteiger charge is 2.30. The number of aliphatic carboxylic acids is 1. The van der Waals surface area contributed by atoms with Crippen LogP contribution in [0.1, 0.15) is 60.7 Å². The molecule has 1 unspecified atom stereocenters. The van der Waals surface area contributed by atoms with Crippen molar-refractivity contribution in [3.05, 3.63) is 71.0 Å². The lowest BCUT2D eigenvalue weighted by atomic mass is 9.99. The number of nitrogens with one attached hydrogen (secondary N) is 1. The number of rotatable bonds is 8. The second-order valence-electron chi connectivity index (χ2n) is 9.88. The van der Waals surface area contributed by atoms with E-state index < -0.39 is 11.9 Å². The molecule has 4 rings (SSSR count). The molecule has 1 aromatic carbocycles. The highest BCUT2D eigenvalue weighted by molar-refractivity contribution is 8.00. The van der Waals surface area contributed by atoms with Gasteiger partial charge >= 0.3 is 5.97 Å². The van der Waals surface area contributed by atoms with Gasteiger partial charge in [0.15, 0.2) is 0 Å². The van der Waals surface area contributed by atoms with Gasteiger partial charge < -0.3 is 14.8 Å². The Hall–Kier alpha value is -3.46. The summed E-state index contributed by atoms with van der Waals surface area (Å²) < 4.78 is 5.98. The first kappa shape index (κ1) is 25.6. The Balaban J connectivity index is 1.76. The van der Waals surface area contributed by atoms with Gasteiger partial charge in [0.2, 0.25) is 0 Å². The summed E-state index contributed by atoms with van der Waals surface area (Å²) in [5.74, 6) is -0.986. The second-order valence-corrected chi connectivity index (χ2v) is 11.7. The van der Waals surface area contributed by atoms with E-state index in [0.717, 1.165) is 44.2 Å². The Kier molecular flexibility index (Phi) is 7.31. The number of nitrogens with zero attached hydrogens (tertiary/aromatic N) is 4. The summed E-state index contributed by atoms with van der Waals surface area (Å²) in [6.07, 6.45) is 6.98. The van der Waals surface area contributed by atoms with Crippen molar-refractivity contribution in [2.45, 2.75) is 70.1 Å². The molecule has 0 saturated heterocycles. The number of carboxylic acid groups (broad SMARTS) is 1. The van der Waals surface area contributed by atoms with E-state index in [-0.39, 0.29) is 11.2 Å². The van der Waals surface area contributed by atoms with Gasteiger partial charge in [-0.3, -0.25) is 24.7 Å². The largest absolute Gasteiger partial charge is 0.487 e. The number of thioether (sulfide) groups is 1. The van der Waals surface area contributed by atoms with Crippen molar-refractivity contribution in [2.75, 3.05) is 0 Å². The molecule has 0 saturated carbocycles. The van der Waals surface area contributed by atoms with Crippen LogP contribution in [-0.2, 0) is 17.8 Å². The van der Waals surface area contributed by atoms with E-state index in [4.69, 9.17) is 4.74 Å². The van der Waals surface area contributed by atoms with Gasteiger partial charge in [-0.1, -0.05) is 20.8 Å². The van der Waals surface area contributed by atoms with Gasteiger partial charge in [0.1, 0.15) is 18.3 Å². The van der Waals surface area contributed by atoms with Crippen molar-refractivity contribution in [3.63, 3.8) is 0 Å². The van der Waals surface area contributed by atoms with Crippen LogP contribution in [-0.4, -0.2) is 40.7 Å². The third-order valence-electron chi connectivity index (χ3n) is 5.67. The van der Waals surface area contributed by atoms with Gasteiger partial charge in [0, 0.05) is 56.8 Å². The molecule has 2 N–H and O–H groups in total. The second kappa shape index (κ2) is 10.3. The predicted octanol–water partition coefficient (Wildman–Crippen LogP) is 5.55. The summed E-state index contributed by atoms with van der Waals surface area (Å²) >= 11 is 1.65. The predicted molar refractivity (Wildman–Crippen MR) is 141 cm³/mol. The summed E-state index contributed by atoms with van der Waals surface area (Å²) in [7, 11) is 0. The summed E-state index contributed by atoms with van der Waals surface area (Å²) in [6.45, 7) is 12.4. The molecule has 188 valence electrons. The average Bonchev–Trinajstić information content (AvgIpc) is 3.16. The number of aryl methyl sites for hydroxylation is 3. The number of aromatic nitrogens is 5. The molecule has 3 heterocycles. The zero-order valence-corrected chi connectivity index (χ0v) is 22.2. The van der Waals surface area contributed by atoms with Gasteiger partial charge in [-0.25, -0.2) is 0 Å². The molecule has 0 fully saturated rings. The number of ether oxygens (including phenoxy) is 1. The number of carboxylic acids is 1. The zero-order chi connectivity index (χ0) is 26.0. The molecule has 0 bridgehead atoms. The minimum atomic E-state index is -0.910. The number of hydrogen-bond donors (Lipinski definition) is 2. The summed E-state index contributed by atoms with van der Waals surface area (Å²) in [6, 6.07) is 3.85.